The Morgan fingerprint density at radius 3 is 2.70 bits per heavy atom. The fourth-order valence-corrected chi connectivity index (χ4v) is 2.59. The molecule has 20 heavy (non-hydrogen) atoms. The van der Waals surface area contributed by atoms with Gasteiger partial charge in [-0.05, 0) is 24.8 Å². The Bertz CT molecular complexity index is 435. The van der Waals surface area contributed by atoms with Gasteiger partial charge in [0, 0.05) is 19.6 Å². The Morgan fingerprint density at radius 1 is 1.40 bits per heavy atom. The number of hydrogen-bond donors (Lipinski definition) is 2. The van der Waals surface area contributed by atoms with E-state index in [1.807, 2.05) is 30.0 Å². The molecule has 0 spiro atoms. The molecule has 1 aromatic rings. The van der Waals surface area contributed by atoms with Crippen LogP contribution < -0.4 is 5.32 Å². The average Bonchev–Trinajstić information content (AvgIpc) is 2.91. The number of nitrogens with one attached hydrogen (secondary N) is 1. The quantitative estimate of drug-likeness (QED) is 0.854. The molecule has 0 saturated carbocycles. The summed E-state index contributed by atoms with van der Waals surface area (Å²) in [6.07, 6.45) is 0.478. The molecule has 2 unspecified atom stereocenters. The first-order valence-corrected chi connectivity index (χ1v) is 7.32. The second kappa shape index (κ2) is 6.86. The Hall–Kier alpha value is -1.39. The number of likely N-dealkylation sites (tertiary alicyclic amines) is 1. The number of amides is 1. The molecule has 3 atom stereocenters. The second-order valence-corrected chi connectivity index (χ2v) is 5.67. The maximum absolute atomic E-state index is 12.1. The summed E-state index contributed by atoms with van der Waals surface area (Å²) < 4.78 is 0. The van der Waals surface area contributed by atoms with Gasteiger partial charge in [-0.1, -0.05) is 37.3 Å². The molecule has 1 aromatic carbocycles. The van der Waals surface area contributed by atoms with Crippen molar-refractivity contribution in [2.45, 2.75) is 38.3 Å². The summed E-state index contributed by atoms with van der Waals surface area (Å²) >= 11 is 0. The van der Waals surface area contributed by atoms with Crippen molar-refractivity contribution in [2.24, 2.45) is 0 Å². The molecule has 1 saturated heterocycles. The Balaban J connectivity index is 1.80. The van der Waals surface area contributed by atoms with Crippen LogP contribution >= 0.6 is 0 Å². The van der Waals surface area contributed by atoms with Gasteiger partial charge in [-0.15, -0.1) is 0 Å². The molecule has 0 aromatic heterocycles. The monoisotopic (exact) mass is 276 g/mol. The molecule has 110 valence electrons. The average molecular weight is 276 g/mol. The summed E-state index contributed by atoms with van der Waals surface area (Å²) in [5.74, 6) is 0.346. The molecule has 1 aliphatic rings. The summed E-state index contributed by atoms with van der Waals surface area (Å²) in [5, 5.41) is 12.5. The van der Waals surface area contributed by atoms with Crippen LogP contribution in [0, 0.1) is 0 Å². The van der Waals surface area contributed by atoms with Crippen molar-refractivity contribution >= 4 is 5.91 Å². The highest BCUT2D eigenvalue weighted by molar-refractivity contribution is 5.81. The minimum Gasteiger partial charge on any atom is -0.392 e. The lowest BCUT2D eigenvalue weighted by molar-refractivity contribution is -0.125. The van der Waals surface area contributed by atoms with Crippen molar-refractivity contribution in [3.63, 3.8) is 0 Å². The molecule has 2 N–H and O–H groups in total. The molecule has 1 heterocycles. The third-order valence-electron chi connectivity index (χ3n) is 4.07. The SMILES string of the molecule is CC(CNC(=O)C(C)N1CC[C@@H](O)C1)c1ccccc1. The van der Waals surface area contributed by atoms with Crippen molar-refractivity contribution in [3.8, 4) is 0 Å². The third kappa shape index (κ3) is 3.81. The van der Waals surface area contributed by atoms with Gasteiger partial charge < -0.3 is 10.4 Å². The molecule has 4 heteroatoms. The highest BCUT2D eigenvalue weighted by Gasteiger charge is 2.28. The molecule has 1 amide bonds. The zero-order chi connectivity index (χ0) is 14.5. The van der Waals surface area contributed by atoms with Crippen LogP contribution in [-0.2, 0) is 4.79 Å². The van der Waals surface area contributed by atoms with E-state index in [2.05, 4.69) is 24.4 Å². The van der Waals surface area contributed by atoms with E-state index in [1.54, 1.807) is 0 Å². The number of hydrogen-bond acceptors (Lipinski definition) is 3. The summed E-state index contributed by atoms with van der Waals surface area (Å²) in [4.78, 5) is 14.2. The van der Waals surface area contributed by atoms with E-state index >= 15 is 0 Å². The van der Waals surface area contributed by atoms with Crippen molar-refractivity contribution in [3.05, 3.63) is 35.9 Å². The first-order chi connectivity index (χ1) is 9.58. The van der Waals surface area contributed by atoms with E-state index in [-0.39, 0.29) is 18.1 Å². The number of benzene rings is 1. The third-order valence-corrected chi connectivity index (χ3v) is 4.07. The lowest BCUT2D eigenvalue weighted by Crippen LogP contribution is -2.45. The summed E-state index contributed by atoms with van der Waals surface area (Å²) in [7, 11) is 0. The maximum atomic E-state index is 12.1. The standard InChI is InChI=1S/C16H24N2O2/c1-12(14-6-4-3-5-7-14)10-17-16(20)13(2)18-9-8-15(19)11-18/h3-7,12-13,15,19H,8-11H2,1-2H3,(H,17,20)/t12?,13?,15-/m1/s1. The van der Waals surface area contributed by atoms with Gasteiger partial charge in [-0.25, -0.2) is 0 Å². The fraction of sp³-hybridized carbons (Fsp3) is 0.562. The molecule has 4 nitrogen and oxygen atoms in total. The van der Waals surface area contributed by atoms with Crippen LogP contribution in [-0.4, -0.2) is 47.7 Å². The zero-order valence-electron chi connectivity index (χ0n) is 12.2. The zero-order valence-corrected chi connectivity index (χ0v) is 12.2. The van der Waals surface area contributed by atoms with Gasteiger partial charge in [0.15, 0.2) is 0 Å². The largest absolute Gasteiger partial charge is 0.392 e. The molecular weight excluding hydrogens is 252 g/mol. The van der Waals surface area contributed by atoms with E-state index in [9.17, 15) is 9.90 Å². The minimum absolute atomic E-state index is 0.0434. The molecule has 0 radical (unpaired) electrons. The number of carbonyl (C=O) groups is 1. The minimum atomic E-state index is -0.284. The van der Waals surface area contributed by atoms with Crippen LogP contribution in [0.25, 0.3) is 0 Å². The molecule has 1 fully saturated rings. The summed E-state index contributed by atoms with van der Waals surface area (Å²) in [6.45, 7) is 6.05. The van der Waals surface area contributed by atoms with Gasteiger partial charge in [0.05, 0.1) is 12.1 Å². The first-order valence-electron chi connectivity index (χ1n) is 7.32. The Morgan fingerprint density at radius 2 is 2.10 bits per heavy atom. The highest BCUT2D eigenvalue weighted by atomic mass is 16.3. The van der Waals surface area contributed by atoms with E-state index in [0.717, 1.165) is 13.0 Å². The van der Waals surface area contributed by atoms with E-state index in [0.29, 0.717) is 19.0 Å². The van der Waals surface area contributed by atoms with Crippen molar-refractivity contribution in [1.82, 2.24) is 10.2 Å². The van der Waals surface area contributed by atoms with Crippen LogP contribution in [0.4, 0.5) is 0 Å². The van der Waals surface area contributed by atoms with Gasteiger partial charge in [0.25, 0.3) is 0 Å². The molecule has 1 aliphatic heterocycles. The highest BCUT2D eigenvalue weighted by Crippen LogP contribution is 2.15. The lowest BCUT2D eigenvalue weighted by Gasteiger charge is -2.23. The van der Waals surface area contributed by atoms with Crippen molar-refractivity contribution < 1.29 is 9.90 Å². The van der Waals surface area contributed by atoms with Gasteiger partial charge in [0.1, 0.15) is 0 Å². The predicted octanol–water partition coefficient (Wildman–Crippen LogP) is 1.36. The molecule has 0 aliphatic carbocycles. The van der Waals surface area contributed by atoms with Gasteiger partial charge in [-0.2, -0.15) is 0 Å². The molecule has 2 rings (SSSR count). The number of aliphatic hydroxyl groups is 1. The summed E-state index contributed by atoms with van der Waals surface area (Å²) in [6, 6.07) is 10.0. The van der Waals surface area contributed by atoms with Crippen LogP contribution in [0.5, 0.6) is 0 Å². The van der Waals surface area contributed by atoms with E-state index in [4.69, 9.17) is 0 Å². The fourth-order valence-electron chi connectivity index (χ4n) is 2.59. The van der Waals surface area contributed by atoms with Crippen LogP contribution in [0.2, 0.25) is 0 Å². The second-order valence-electron chi connectivity index (χ2n) is 5.67. The Labute approximate surface area is 120 Å². The first kappa shape index (κ1) is 15.0. The normalized spacial score (nSPS) is 22.4. The Kier molecular flexibility index (Phi) is 5.15. The smallest absolute Gasteiger partial charge is 0.237 e. The number of aliphatic hydroxyl groups excluding tert-OH is 1. The van der Waals surface area contributed by atoms with Gasteiger partial charge in [-0.3, -0.25) is 9.69 Å². The van der Waals surface area contributed by atoms with Crippen LogP contribution in [0.15, 0.2) is 30.3 Å². The molecular formula is C16H24N2O2. The number of rotatable bonds is 5. The van der Waals surface area contributed by atoms with E-state index in [1.165, 1.54) is 5.56 Å². The van der Waals surface area contributed by atoms with Crippen molar-refractivity contribution in [2.75, 3.05) is 19.6 Å². The van der Waals surface area contributed by atoms with Gasteiger partial charge >= 0.3 is 0 Å². The van der Waals surface area contributed by atoms with Crippen LogP contribution in [0.1, 0.15) is 31.7 Å². The lowest BCUT2D eigenvalue weighted by atomic mass is 10.0. The summed E-state index contributed by atoms with van der Waals surface area (Å²) in [5.41, 5.74) is 1.23. The topological polar surface area (TPSA) is 52.6 Å². The predicted molar refractivity (Wildman–Crippen MR) is 79.5 cm³/mol. The number of nitrogens with zero attached hydrogens (tertiary/aromatic N) is 1. The molecule has 0 bridgehead atoms. The van der Waals surface area contributed by atoms with Crippen LogP contribution in [0.3, 0.4) is 0 Å². The van der Waals surface area contributed by atoms with Gasteiger partial charge in [0.2, 0.25) is 5.91 Å². The van der Waals surface area contributed by atoms with E-state index < -0.39 is 0 Å². The number of carbonyl (C=O) groups excluding carboxylic acids is 1. The maximum Gasteiger partial charge on any atom is 0.237 e. The van der Waals surface area contributed by atoms with Crippen molar-refractivity contribution in [1.29, 1.82) is 0 Å². The number of β-amino-alcohol motifs (C(OH)–C–C–N with tert-alkyl or cyclic N) is 1.